The van der Waals surface area contributed by atoms with Crippen molar-refractivity contribution in [3.05, 3.63) is 81.9 Å². The van der Waals surface area contributed by atoms with E-state index in [4.69, 9.17) is 41.0 Å². The largest absolute Gasteiger partial charge is 0.462 e. The number of aryl methyl sites for hydroxylation is 1. The predicted octanol–water partition coefficient (Wildman–Crippen LogP) is 9.10. The summed E-state index contributed by atoms with van der Waals surface area (Å²) in [4.78, 5) is 108. The van der Waals surface area contributed by atoms with Crippen molar-refractivity contribution in [2.45, 2.75) is 173 Å². The zero-order chi connectivity index (χ0) is 60.6. The number of carbonyl (C=O) groups is 8. The number of allylic oxidation sites excluding steroid dienone is 3. The van der Waals surface area contributed by atoms with Crippen molar-refractivity contribution in [1.29, 1.82) is 0 Å². The number of primary amides is 1. The third-order valence-corrected chi connectivity index (χ3v) is 17.7. The number of benzene rings is 2. The monoisotopic (exact) mass is 1290 g/mol. The SMILES string of the molecule is CO[C@@H]1/C=C/C=C(\C)Cc2cc(C)c(Cl)c(c2)N(C)C(=O)C[C@H](OC(=O)Nc2ccc(CC(=O)[C@H](CCCNC(N)=O)NC(=O)[C@@H](CC(=O)CCCCC(C)OC(=O)C(CBr)CBr)C(C)C)cc2)[C@]2(C)O[C@H]2[C@H](C)[C@@H]2C[C@@]1(O)CC(=O)O2. The molecule has 452 valence electrons. The minimum absolute atomic E-state index is 0.0202. The van der Waals surface area contributed by atoms with Crippen LogP contribution in [0.1, 0.15) is 122 Å². The molecule has 6 N–H and O–H groups in total. The van der Waals surface area contributed by atoms with E-state index in [1.807, 2.05) is 59.8 Å². The molecular weight excluding hydrogens is 1210 g/mol. The first-order valence-electron chi connectivity index (χ1n) is 28.0. The van der Waals surface area contributed by atoms with Gasteiger partial charge in [-0.2, -0.15) is 0 Å². The van der Waals surface area contributed by atoms with E-state index in [-0.39, 0.29) is 87.0 Å². The first-order chi connectivity index (χ1) is 38.7. The second kappa shape index (κ2) is 31.1. The van der Waals surface area contributed by atoms with Crippen LogP contribution in [-0.2, 0) is 65.3 Å². The van der Waals surface area contributed by atoms with Crippen LogP contribution in [0.15, 0.2) is 60.2 Å². The molecule has 0 saturated carbocycles. The van der Waals surface area contributed by atoms with Crippen LogP contribution in [0.4, 0.5) is 21.0 Å². The van der Waals surface area contributed by atoms with Gasteiger partial charge in [0.2, 0.25) is 11.8 Å². The average molecular weight is 1290 g/mol. The van der Waals surface area contributed by atoms with Gasteiger partial charge in [0.05, 0.1) is 47.7 Å². The number of amides is 5. The van der Waals surface area contributed by atoms with Crippen LogP contribution in [0.25, 0.3) is 0 Å². The van der Waals surface area contributed by atoms with Crippen LogP contribution in [0.3, 0.4) is 0 Å². The van der Waals surface area contributed by atoms with Crippen molar-refractivity contribution in [3.8, 4) is 0 Å². The number of alkyl halides is 2. The zero-order valence-electron chi connectivity index (χ0n) is 48.5. The van der Waals surface area contributed by atoms with Crippen LogP contribution in [-0.4, -0.2) is 132 Å². The molecule has 0 radical (unpaired) electrons. The Morgan fingerprint density at radius 1 is 1.00 bits per heavy atom. The molecule has 2 aromatic carbocycles. The minimum Gasteiger partial charge on any atom is -0.462 e. The van der Waals surface area contributed by atoms with E-state index in [0.717, 1.165) is 16.7 Å². The highest BCUT2D eigenvalue weighted by atomic mass is 79.9. The highest BCUT2D eigenvalue weighted by Crippen LogP contribution is 2.50. The number of unbranched alkanes of at least 4 members (excludes halogenated alkanes) is 1. The lowest BCUT2D eigenvalue weighted by molar-refractivity contribution is -0.187. The predicted molar refractivity (Wildman–Crippen MR) is 319 cm³/mol. The molecule has 0 aromatic heterocycles. The van der Waals surface area contributed by atoms with Crippen molar-refractivity contribution in [2.24, 2.45) is 29.4 Å². The molecule has 2 fully saturated rings. The summed E-state index contributed by atoms with van der Waals surface area (Å²) in [6, 6.07) is 8.50. The number of carbonyl (C=O) groups excluding carboxylic acids is 8. The minimum atomic E-state index is -1.62. The Labute approximate surface area is 503 Å². The number of rotatable bonds is 24. The number of fused-ring (bicyclic) bond motifs is 5. The topological polar surface area (TPSA) is 272 Å². The first kappa shape index (κ1) is 67.6. The number of nitrogens with zero attached hydrogens (tertiary/aromatic N) is 1. The Balaban J connectivity index is 1.28. The van der Waals surface area contributed by atoms with Gasteiger partial charge in [0.25, 0.3) is 0 Å². The molecule has 3 aliphatic rings. The van der Waals surface area contributed by atoms with E-state index in [2.05, 4.69) is 47.8 Å². The molecule has 0 spiro atoms. The fraction of sp³-hybridized carbons (Fsp3) is 0.600. The number of ether oxygens (including phenoxy) is 5. The molecule has 10 atom stereocenters. The summed E-state index contributed by atoms with van der Waals surface area (Å²) in [5, 5.41) is 21.4. The van der Waals surface area contributed by atoms with Crippen molar-refractivity contribution >= 4 is 102 Å². The van der Waals surface area contributed by atoms with E-state index in [0.29, 0.717) is 64.7 Å². The Bertz CT molecular complexity index is 2670. The molecule has 5 amide bonds. The lowest BCUT2D eigenvalue weighted by Crippen LogP contribution is -2.53. The molecular formula is C60H82Br2ClN5O14. The van der Waals surface area contributed by atoms with Crippen molar-refractivity contribution < 1.29 is 67.1 Å². The number of ketones is 2. The number of nitrogens with two attached hydrogens (primary N) is 1. The molecule has 2 aromatic rings. The van der Waals surface area contributed by atoms with Gasteiger partial charge in [0.15, 0.2) is 5.78 Å². The zero-order valence-corrected chi connectivity index (χ0v) is 52.4. The maximum atomic E-state index is 14.4. The smallest absolute Gasteiger partial charge is 0.412 e. The number of nitrogens with one attached hydrogen (secondary N) is 3. The fourth-order valence-corrected chi connectivity index (χ4v) is 12.4. The number of methoxy groups -OCH3 is 1. The Morgan fingerprint density at radius 2 is 1.70 bits per heavy atom. The normalized spacial score (nSPS) is 25.1. The number of esters is 2. The van der Waals surface area contributed by atoms with E-state index >= 15 is 0 Å². The maximum absolute atomic E-state index is 14.4. The van der Waals surface area contributed by atoms with Crippen LogP contribution >= 0.6 is 43.5 Å². The summed E-state index contributed by atoms with van der Waals surface area (Å²) in [6.07, 6.45) is 2.84. The highest BCUT2D eigenvalue weighted by molar-refractivity contribution is 9.09. The third-order valence-electron chi connectivity index (χ3n) is 15.6. The van der Waals surface area contributed by atoms with Gasteiger partial charge in [0.1, 0.15) is 35.3 Å². The summed E-state index contributed by atoms with van der Waals surface area (Å²) in [7, 11) is 3.06. The molecule has 3 aliphatic heterocycles. The second-order valence-electron chi connectivity index (χ2n) is 22.7. The van der Waals surface area contributed by atoms with Crippen molar-refractivity contribution in [1.82, 2.24) is 10.6 Å². The first-order valence-corrected chi connectivity index (χ1v) is 30.6. The summed E-state index contributed by atoms with van der Waals surface area (Å²) < 4.78 is 29.6. The summed E-state index contributed by atoms with van der Waals surface area (Å²) in [6.45, 7) is 13.0. The maximum Gasteiger partial charge on any atom is 0.412 e. The Morgan fingerprint density at radius 3 is 2.34 bits per heavy atom. The number of hydrogen-bond acceptors (Lipinski definition) is 14. The van der Waals surface area contributed by atoms with Gasteiger partial charge < -0.3 is 50.1 Å². The van der Waals surface area contributed by atoms with Gasteiger partial charge in [-0.15, -0.1) is 0 Å². The quantitative estimate of drug-likeness (QED) is 0.0216. The second-order valence-corrected chi connectivity index (χ2v) is 24.3. The van der Waals surface area contributed by atoms with Crippen LogP contribution in [0, 0.1) is 30.6 Å². The van der Waals surface area contributed by atoms with Crippen LogP contribution in [0.5, 0.6) is 0 Å². The Hall–Kier alpha value is -5.19. The van der Waals surface area contributed by atoms with E-state index in [1.165, 1.54) is 12.0 Å². The number of epoxide rings is 1. The molecule has 4 bridgehead atoms. The number of Topliss-reactive ketones (excluding diaryl/α,β-unsaturated/α-hetero) is 2. The standard InChI is InChI=1S/C60H82Br2ClN5O14/c1-34(2)44(28-43(69)16-11-10-15-37(5)79-56(74)41(32-61)33-62)55(73)67-45(17-13-23-65-57(64)75)47(70)27-39-19-21-42(22-20-39)66-58(76)81-50-29-51(71)68(8)46-26-40(25-36(4)53(46)63)24-35(3)14-12-18-49(78-9)60(77)30-48(80-52(72)31-60)38(6)54-59(50,7)82-54/h12,14,18-22,25-26,34,37-38,41,44-45,48-50,54,77H,10-11,13,15-17,23-24,27-33H2,1-9H3,(H,66,76)(H,67,73)(H3,64,65,75)/b18-12+,35-14+/t37?,38-,44+,45+,48+,49-,50+,54+,59+,60-/m1/s1. The fourth-order valence-electron chi connectivity index (χ4n) is 10.6. The molecule has 3 heterocycles. The average Bonchev–Trinajstić information content (AvgIpc) is 4.33. The molecule has 22 heteroatoms. The van der Waals surface area contributed by atoms with Gasteiger partial charge in [-0.1, -0.05) is 106 Å². The summed E-state index contributed by atoms with van der Waals surface area (Å²) in [5.41, 5.74) is 6.30. The number of anilines is 2. The number of hydrogen-bond donors (Lipinski definition) is 5. The molecule has 19 nitrogen and oxygen atoms in total. The van der Waals surface area contributed by atoms with Gasteiger partial charge in [-0.05, 0) is 107 Å². The molecule has 2 saturated heterocycles. The van der Waals surface area contributed by atoms with Gasteiger partial charge in [-0.25, -0.2) is 9.59 Å². The van der Waals surface area contributed by atoms with E-state index in [1.54, 1.807) is 50.4 Å². The lowest BCUT2D eigenvalue weighted by Gasteiger charge is -2.41. The highest BCUT2D eigenvalue weighted by Gasteiger charge is 2.64. The molecule has 1 unspecified atom stereocenters. The van der Waals surface area contributed by atoms with Crippen LogP contribution in [0.2, 0.25) is 5.02 Å². The lowest BCUT2D eigenvalue weighted by atomic mass is 9.78. The van der Waals surface area contributed by atoms with Crippen molar-refractivity contribution in [2.75, 3.05) is 41.6 Å². The summed E-state index contributed by atoms with van der Waals surface area (Å²) in [5.74, 6) is -4.01. The third kappa shape index (κ3) is 19.2. The number of halogens is 3. The van der Waals surface area contributed by atoms with Crippen molar-refractivity contribution in [3.63, 3.8) is 0 Å². The van der Waals surface area contributed by atoms with Gasteiger partial charge >= 0.3 is 24.1 Å². The van der Waals surface area contributed by atoms with Crippen LogP contribution < -0.4 is 26.6 Å². The molecule has 82 heavy (non-hydrogen) atoms. The van der Waals surface area contributed by atoms with Gasteiger partial charge in [-0.3, -0.25) is 34.1 Å². The Kier molecular flexibility index (Phi) is 25.6. The molecule has 0 aliphatic carbocycles. The summed E-state index contributed by atoms with van der Waals surface area (Å²) >= 11 is 13.5. The molecule has 5 rings (SSSR count). The van der Waals surface area contributed by atoms with Gasteiger partial charge in [0, 0.05) is 74.6 Å². The number of aliphatic hydroxyl groups is 1. The van der Waals surface area contributed by atoms with E-state index < -0.39 is 83.4 Å². The van der Waals surface area contributed by atoms with E-state index in [9.17, 15) is 43.5 Å². The number of urea groups is 1.